The molecule has 5 aromatic rings. The highest BCUT2D eigenvalue weighted by Gasteiger charge is 2.12. The molecule has 0 saturated carbocycles. The van der Waals surface area contributed by atoms with E-state index in [1.165, 1.54) is 0 Å². The lowest BCUT2D eigenvalue weighted by atomic mass is 10.2. The molecule has 0 unspecified atom stereocenters. The number of carbonyl (C=O) groups is 1. The molecular formula is C21H12BrN5O2S2. The molecule has 10 heteroatoms. The maximum atomic E-state index is 12.5. The van der Waals surface area contributed by atoms with Crippen molar-refractivity contribution in [3.63, 3.8) is 0 Å². The van der Waals surface area contributed by atoms with E-state index in [1.807, 2.05) is 36.4 Å². The molecule has 0 radical (unpaired) electrons. The molecule has 2 heterocycles. The highest BCUT2D eigenvalue weighted by molar-refractivity contribution is 9.10. The molecule has 3 aromatic carbocycles. The van der Waals surface area contributed by atoms with E-state index in [-0.39, 0.29) is 11.0 Å². The first-order valence-corrected chi connectivity index (χ1v) is 11.0. The molecule has 152 valence electrons. The second-order valence-electron chi connectivity index (χ2n) is 6.58. The van der Waals surface area contributed by atoms with Crippen LogP contribution in [0.4, 0.5) is 5.69 Å². The molecular weight excluding hydrogens is 498 g/mol. The van der Waals surface area contributed by atoms with Gasteiger partial charge in [-0.15, -0.1) is 0 Å². The second kappa shape index (κ2) is 8.14. The van der Waals surface area contributed by atoms with Crippen molar-refractivity contribution in [2.24, 2.45) is 0 Å². The highest BCUT2D eigenvalue weighted by Crippen LogP contribution is 2.27. The fourth-order valence-electron chi connectivity index (χ4n) is 2.98. The summed E-state index contributed by atoms with van der Waals surface area (Å²) in [5.74, 6) is 0.204. The van der Waals surface area contributed by atoms with Crippen molar-refractivity contribution in [1.29, 1.82) is 0 Å². The average Bonchev–Trinajstić information content (AvgIpc) is 3.40. The van der Waals surface area contributed by atoms with E-state index in [0.717, 1.165) is 27.3 Å². The van der Waals surface area contributed by atoms with Crippen LogP contribution in [0.15, 0.2) is 69.6 Å². The number of anilines is 1. The van der Waals surface area contributed by atoms with Crippen molar-refractivity contribution in [2.45, 2.75) is 0 Å². The van der Waals surface area contributed by atoms with E-state index in [1.54, 1.807) is 24.3 Å². The van der Waals surface area contributed by atoms with E-state index in [0.29, 0.717) is 33.8 Å². The van der Waals surface area contributed by atoms with Crippen LogP contribution < -0.4 is 10.6 Å². The Balaban J connectivity index is 1.30. The lowest BCUT2D eigenvalue weighted by Gasteiger charge is -2.09. The molecule has 0 bridgehead atoms. The summed E-state index contributed by atoms with van der Waals surface area (Å²) in [5.41, 5.74) is 4.79. The van der Waals surface area contributed by atoms with Gasteiger partial charge in [-0.05, 0) is 72.9 Å². The Morgan fingerprint density at radius 3 is 2.61 bits per heavy atom. The number of benzene rings is 3. The van der Waals surface area contributed by atoms with Crippen LogP contribution in [0.1, 0.15) is 10.4 Å². The Bertz CT molecular complexity index is 1450. The molecule has 31 heavy (non-hydrogen) atoms. The van der Waals surface area contributed by atoms with Gasteiger partial charge in [-0.3, -0.25) is 10.1 Å². The van der Waals surface area contributed by atoms with Crippen molar-refractivity contribution < 1.29 is 9.21 Å². The maximum Gasteiger partial charge on any atom is 0.257 e. The summed E-state index contributed by atoms with van der Waals surface area (Å²) < 4.78 is 15.1. The normalized spacial score (nSPS) is 11.0. The molecule has 0 spiro atoms. The molecule has 0 saturated heterocycles. The zero-order chi connectivity index (χ0) is 21.4. The Labute approximate surface area is 194 Å². The number of fused-ring (bicyclic) bond motifs is 2. The molecule has 0 aliphatic carbocycles. The zero-order valence-corrected chi connectivity index (χ0v) is 18.8. The molecule has 2 N–H and O–H groups in total. The summed E-state index contributed by atoms with van der Waals surface area (Å²) in [6.07, 6.45) is 0. The van der Waals surface area contributed by atoms with Gasteiger partial charge in [0.2, 0.25) is 5.89 Å². The van der Waals surface area contributed by atoms with Crippen molar-refractivity contribution in [3.05, 3.63) is 70.7 Å². The molecule has 2 aromatic heterocycles. The third-order valence-electron chi connectivity index (χ3n) is 4.48. The van der Waals surface area contributed by atoms with Crippen LogP contribution >= 0.6 is 39.9 Å². The van der Waals surface area contributed by atoms with Gasteiger partial charge in [0.1, 0.15) is 16.6 Å². The summed E-state index contributed by atoms with van der Waals surface area (Å²) in [6, 6.07) is 18.3. The maximum absolute atomic E-state index is 12.5. The van der Waals surface area contributed by atoms with E-state index >= 15 is 0 Å². The number of aromatic nitrogens is 3. The molecule has 0 aliphatic heterocycles. The number of nitrogens with zero attached hydrogens (tertiary/aromatic N) is 3. The molecule has 7 nitrogen and oxygen atoms in total. The molecule has 0 atom stereocenters. The monoisotopic (exact) mass is 509 g/mol. The Morgan fingerprint density at radius 1 is 0.968 bits per heavy atom. The van der Waals surface area contributed by atoms with Crippen LogP contribution in [-0.2, 0) is 0 Å². The smallest absolute Gasteiger partial charge is 0.257 e. The molecule has 0 fully saturated rings. The Hall–Kier alpha value is -3.21. The van der Waals surface area contributed by atoms with E-state index in [9.17, 15) is 4.79 Å². The number of oxazole rings is 1. The topological polar surface area (TPSA) is 92.9 Å². The van der Waals surface area contributed by atoms with Crippen LogP contribution in [0, 0.1) is 0 Å². The summed E-state index contributed by atoms with van der Waals surface area (Å²) >= 11 is 9.81. The lowest BCUT2D eigenvalue weighted by molar-refractivity contribution is 0.0978. The van der Waals surface area contributed by atoms with Crippen LogP contribution in [0.2, 0.25) is 0 Å². The Morgan fingerprint density at radius 2 is 1.77 bits per heavy atom. The fraction of sp³-hybridized carbons (Fsp3) is 0. The molecule has 1 amide bonds. The van der Waals surface area contributed by atoms with Crippen molar-refractivity contribution >= 4 is 78.7 Å². The minimum Gasteiger partial charge on any atom is -0.436 e. The first-order valence-electron chi connectivity index (χ1n) is 9.06. The largest absolute Gasteiger partial charge is 0.436 e. The number of halogens is 1. The minimum atomic E-state index is -0.326. The van der Waals surface area contributed by atoms with Gasteiger partial charge in [-0.2, -0.15) is 8.75 Å². The van der Waals surface area contributed by atoms with Gasteiger partial charge in [0.25, 0.3) is 5.91 Å². The first-order chi connectivity index (χ1) is 15.0. The summed E-state index contributed by atoms with van der Waals surface area (Å²) in [7, 11) is 0. The standard InChI is InChI=1S/C21H12BrN5O2S2/c22-13-4-1-11(2-5-13)20-24-17-10-14(6-8-18(17)29-20)23-21(30)25-19(28)12-3-7-15-16(9-12)27-31-26-15/h1-10H,(H2,23,25,28,30). The van der Waals surface area contributed by atoms with Gasteiger partial charge < -0.3 is 9.73 Å². The summed E-state index contributed by atoms with van der Waals surface area (Å²) in [6.45, 7) is 0. The van der Waals surface area contributed by atoms with Gasteiger partial charge in [-0.25, -0.2) is 4.98 Å². The quantitative estimate of drug-likeness (QED) is 0.315. The average molecular weight is 510 g/mol. The predicted molar refractivity (Wildman–Crippen MR) is 128 cm³/mol. The third-order valence-corrected chi connectivity index (χ3v) is 5.77. The lowest BCUT2D eigenvalue weighted by Crippen LogP contribution is -2.34. The number of carbonyl (C=O) groups excluding carboxylic acids is 1. The fourth-order valence-corrected chi connectivity index (χ4v) is 3.97. The van der Waals surface area contributed by atoms with Crippen molar-refractivity contribution in [3.8, 4) is 11.5 Å². The van der Waals surface area contributed by atoms with Gasteiger partial charge in [0.05, 0.1) is 11.7 Å². The van der Waals surface area contributed by atoms with Crippen molar-refractivity contribution in [2.75, 3.05) is 5.32 Å². The number of hydrogen-bond donors (Lipinski definition) is 2. The van der Waals surface area contributed by atoms with E-state index in [4.69, 9.17) is 16.6 Å². The van der Waals surface area contributed by atoms with Crippen molar-refractivity contribution in [1.82, 2.24) is 19.0 Å². The summed E-state index contributed by atoms with van der Waals surface area (Å²) in [4.78, 5) is 17.0. The Kier molecular flexibility index (Phi) is 5.18. The number of rotatable bonds is 3. The number of thiocarbonyl (C=S) groups is 1. The summed E-state index contributed by atoms with van der Waals surface area (Å²) in [5, 5.41) is 5.86. The number of nitrogens with one attached hydrogen (secondary N) is 2. The van der Waals surface area contributed by atoms with Crippen LogP contribution in [-0.4, -0.2) is 24.8 Å². The highest BCUT2D eigenvalue weighted by atomic mass is 79.9. The van der Waals surface area contributed by atoms with Gasteiger partial charge in [-0.1, -0.05) is 15.9 Å². The molecule has 0 aliphatic rings. The number of hydrogen-bond acceptors (Lipinski definition) is 7. The van der Waals surface area contributed by atoms with Crippen LogP contribution in [0.5, 0.6) is 0 Å². The van der Waals surface area contributed by atoms with E-state index < -0.39 is 0 Å². The van der Waals surface area contributed by atoms with E-state index in [2.05, 4.69) is 40.3 Å². The van der Waals surface area contributed by atoms with Gasteiger partial charge >= 0.3 is 0 Å². The third kappa shape index (κ3) is 4.18. The second-order valence-corrected chi connectivity index (χ2v) is 8.44. The van der Waals surface area contributed by atoms with Crippen LogP contribution in [0.3, 0.4) is 0 Å². The van der Waals surface area contributed by atoms with Gasteiger partial charge in [0, 0.05) is 21.3 Å². The molecule has 5 rings (SSSR count). The predicted octanol–water partition coefficient (Wildman–Crippen LogP) is 5.39. The first kappa shape index (κ1) is 19.7. The van der Waals surface area contributed by atoms with Crippen LogP contribution in [0.25, 0.3) is 33.6 Å². The zero-order valence-electron chi connectivity index (χ0n) is 15.6. The van der Waals surface area contributed by atoms with Gasteiger partial charge in [0.15, 0.2) is 10.7 Å². The SMILES string of the molecule is O=C(NC(=S)Nc1ccc2oc(-c3ccc(Br)cc3)nc2c1)c1ccc2nsnc2c1. The minimum absolute atomic E-state index is 0.178. The number of amides is 1.